The van der Waals surface area contributed by atoms with Crippen molar-refractivity contribution in [2.24, 2.45) is 58.2 Å². The molecule has 0 saturated heterocycles. The van der Waals surface area contributed by atoms with Gasteiger partial charge in [0.1, 0.15) is 6.79 Å². The average Bonchev–Trinajstić information content (AvgIpc) is 3.25. The molecule has 0 radical (unpaired) electrons. The van der Waals surface area contributed by atoms with Crippen molar-refractivity contribution in [3.63, 3.8) is 0 Å². The summed E-state index contributed by atoms with van der Waals surface area (Å²) in [5.74, 6) is 3.27. The molecule has 6 nitrogen and oxygen atoms in total. The van der Waals surface area contributed by atoms with Gasteiger partial charge >= 0.3 is 5.97 Å². The Kier molecular flexibility index (Phi) is 10.8. The number of ether oxygens (including phenoxy) is 3. The summed E-state index contributed by atoms with van der Waals surface area (Å²) in [7, 11) is -0.0798. The maximum atomic E-state index is 11.7. The lowest BCUT2D eigenvalue weighted by Gasteiger charge is -2.66. The lowest BCUT2D eigenvalue weighted by atomic mass is 9.41. The summed E-state index contributed by atoms with van der Waals surface area (Å²) < 4.78 is 24.5. The first-order valence-corrected chi connectivity index (χ1v) is 20.3. The molecule has 4 saturated carbocycles. The number of hydrogen-bond acceptors (Lipinski definition) is 5. The third-order valence-corrected chi connectivity index (χ3v) is 13.5. The predicted octanol–water partition coefficient (Wildman–Crippen LogP) is 7.86. The van der Waals surface area contributed by atoms with E-state index >= 15 is 0 Å². The Morgan fingerprint density at radius 1 is 0.976 bits per heavy atom. The summed E-state index contributed by atoms with van der Waals surface area (Å²) >= 11 is 0. The molecule has 0 amide bonds. The second-order valence-corrected chi connectivity index (χ2v) is 20.4. The van der Waals surface area contributed by atoms with Crippen molar-refractivity contribution in [3.8, 4) is 0 Å². The van der Waals surface area contributed by atoms with Crippen LogP contribution >= 0.6 is 0 Å². The summed E-state index contributed by atoms with van der Waals surface area (Å²) in [5.41, 5.74) is 0.603. The van der Waals surface area contributed by atoms with E-state index in [2.05, 4.69) is 47.3 Å². The maximum absolute atomic E-state index is 11.7. The lowest BCUT2D eigenvalue weighted by Crippen LogP contribution is -2.64. The molecule has 0 aromatic rings. The number of aliphatic carboxylic acids is 1. The van der Waals surface area contributed by atoms with Gasteiger partial charge in [0, 0.05) is 7.11 Å². The smallest absolute Gasteiger partial charge is 0.306 e. The highest BCUT2D eigenvalue weighted by Gasteiger charge is 2.65. The van der Waals surface area contributed by atoms with Crippen LogP contribution in [0.3, 0.4) is 0 Å². The van der Waals surface area contributed by atoms with Crippen LogP contribution in [-0.2, 0) is 23.4 Å². The van der Waals surface area contributed by atoms with Gasteiger partial charge in [-0.3, -0.25) is 4.79 Å². The fourth-order valence-electron chi connectivity index (χ4n) is 10.8. The summed E-state index contributed by atoms with van der Waals surface area (Å²) in [5, 5.41) is 9.63. The molecule has 0 aliphatic heterocycles. The number of hydrogen-bond donors (Lipinski definition) is 1. The second kappa shape index (κ2) is 13.3. The van der Waals surface area contributed by atoms with Crippen LogP contribution in [0.5, 0.6) is 0 Å². The fourth-order valence-corrected chi connectivity index (χ4v) is 11.9. The van der Waals surface area contributed by atoms with Gasteiger partial charge in [-0.25, -0.2) is 0 Å². The van der Waals surface area contributed by atoms with Gasteiger partial charge in [0.25, 0.3) is 0 Å². The highest BCUT2D eigenvalue weighted by Crippen LogP contribution is 2.70. The number of carboxylic acid groups (broad SMARTS) is 1. The predicted molar refractivity (Wildman–Crippen MR) is 166 cm³/mol. The van der Waals surface area contributed by atoms with Crippen molar-refractivity contribution in [3.05, 3.63) is 0 Å². The minimum Gasteiger partial charge on any atom is -0.481 e. The zero-order valence-electron chi connectivity index (χ0n) is 27.7. The Morgan fingerprint density at radius 3 is 2.29 bits per heavy atom. The lowest BCUT2D eigenvalue weighted by molar-refractivity contribution is -0.209. The number of carboxylic acids is 1. The van der Waals surface area contributed by atoms with Gasteiger partial charge in [0.15, 0.2) is 8.32 Å². The molecule has 7 heteroatoms. The Labute approximate surface area is 252 Å². The van der Waals surface area contributed by atoms with Crippen LogP contribution < -0.4 is 0 Å². The van der Waals surface area contributed by atoms with Gasteiger partial charge in [-0.2, -0.15) is 0 Å². The van der Waals surface area contributed by atoms with Gasteiger partial charge in [0.2, 0.25) is 0 Å². The molecular formula is C34H62O6Si. The largest absolute Gasteiger partial charge is 0.481 e. The Hall–Kier alpha value is -0.473. The molecule has 0 spiro atoms. The van der Waals surface area contributed by atoms with Crippen LogP contribution in [0.1, 0.15) is 92.4 Å². The van der Waals surface area contributed by atoms with Gasteiger partial charge in [0.05, 0.1) is 31.3 Å². The van der Waals surface area contributed by atoms with Gasteiger partial charge in [-0.1, -0.05) is 41.0 Å². The van der Waals surface area contributed by atoms with Gasteiger partial charge in [-0.15, -0.1) is 0 Å². The van der Waals surface area contributed by atoms with Crippen LogP contribution in [-0.4, -0.2) is 58.7 Å². The van der Waals surface area contributed by atoms with Gasteiger partial charge < -0.3 is 23.7 Å². The first kappa shape index (κ1) is 33.4. The summed E-state index contributed by atoms with van der Waals surface area (Å²) in [6.45, 7) is 20.5. The fraction of sp³-hybridized carbons (Fsp3) is 0.971. The number of rotatable bonds is 13. The zero-order valence-corrected chi connectivity index (χ0v) is 28.7. The van der Waals surface area contributed by atoms with Gasteiger partial charge in [-0.05, 0) is 123 Å². The highest BCUT2D eigenvalue weighted by molar-refractivity contribution is 6.69. The first-order valence-electron chi connectivity index (χ1n) is 16.9. The summed E-state index contributed by atoms with van der Waals surface area (Å²) in [4.78, 5) is 11.7. The van der Waals surface area contributed by atoms with Crippen molar-refractivity contribution < 1.29 is 28.5 Å². The average molecular weight is 595 g/mol. The molecule has 1 unspecified atom stereocenters. The van der Waals surface area contributed by atoms with Crippen molar-refractivity contribution in [2.75, 3.05) is 27.1 Å². The molecule has 0 aromatic heterocycles. The molecule has 41 heavy (non-hydrogen) atoms. The Balaban J connectivity index is 1.60. The topological polar surface area (TPSA) is 74.2 Å². The van der Waals surface area contributed by atoms with Crippen LogP contribution in [0, 0.1) is 58.2 Å². The maximum Gasteiger partial charge on any atom is 0.306 e. The van der Waals surface area contributed by atoms with E-state index in [1.807, 2.05) is 6.92 Å². The van der Waals surface area contributed by atoms with E-state index < -0.39 is 14.3 Å². The van der Waals surface area contributed by atoms with Crippen LogP contribution in [0.15, 0.2) is 0 Å². The molecule has 238 valence electrons. The minimum absolute atomic E-state index is 0.260. The third-order valence-electron chi connectivity index (χ3n) is 12.6. The second-order valence-electron chi connectivity index (χ2n) is 15.9. The number of fused-ring (bicyclic) bond motifs is 5. The molecule has 4 rings (SSSR count). The third kappa shape index (κ3) is 6.79. The molecule has 4 aliphatic rings. The van der Waals surface area contributed by atoms with E-state index in [1.165, 1.54) is 32.1 Å². The summed E-state index contributed by atoms with van der Waals surface area (Å²) in [6.07, 6.45) is 11.1. The molecular weight excluding hydrogens is 532 g/mol. The number of carbonyl (C=O) groups is 1. The summed E-state index contributed by atoms with van der Waals surface area (Å²) in [6, 6.07) is 0. The van der Waals surface area contributed by atoms with E-state index in [1.54, 1.807) is 7.11 Å². The Morgan fingerprint density at radius 2 is 1.66 bits per heavy atom. The van der Waals surface area contributed by atoms with Crippen molar-refractivity contribution in [1.82, 2.24) is 0 Å². The monoisotopic (exact) mass is 594 g/mol. The van der Waals surface area contributed by atoms with Crippen molar-refractivity contribution in [2.45, 2.75) is 124 Å². The molecule has 0 bridgehead atoms. The molecule has 0 heterocycles. The quantitative estimate of drug-likeness (QED) is 0.133. The van der Waals surface area contributed by atoms with E-state index in [-0.39, 0.29) is 17.4 Å². The molecule has 4 fully saturated rings. The standard InChI is InChI=1S/C34H62O6Si/c1-10-25-29-20-24(39-21-38-18-17-37-6)13-15-34(29,5)28-14-16-33(4)26(22(2)19-23(3)32(35)36)11-12-27(33)30(28)31(25)40-41(7,8)9/h22-31H,10-21H2,1-9H3,(H,35,36)/t22-,23+,24-,25-,26-,27+,28+,29+,30?,31-,33-,34+/m1/s1. The van der Waals surface area contributed by atoms with Crippen LogP contribution in [0.4, 0.5) is 0 Å². The molecule has 0 aromatic carbocycles. The number of methoxy groups -OCH3 is 1. The van der Waals surface area contributed by atoms with Crippen LogP contribution in [0.25, 0.3) is 0 Å². The van der Waals surface area contributed by atoms with Crippen LogP contribution in [0.2, 0.25) is 19.6 Å². The van der Waals surface area contributed by atoms with E-state index in [0.29, 0.717) is 73.0 Å². The zero-order chi connectivity index (χ0) is 30.2. The van der Waals surface area contributed by atoms with E-state index in [9.17, 15) is 9.90 Å². The molecule has 4 aliphatic carbocycles. The van der Waals surface area contributed by atoms with Crippen molar-refractivity contribution in [1.29, 1.82) is 0 Å². The highest BCUT2D eigenvalue weighted by atomic mass is 28.4. The van der Waals surface area contributed by atoms with E-state index in [4.69, 9.17) is 18.6 Å². The Bertz CT molecular complexity index is 876. The molecule has 12 atom stereocenters. The van der Waals surface area contributed by atoms with E-state index in [0.717, 1.165) is 25.7 Å². The molecule has 1 N–H and O–H groups in total. The normalized spacial score (nSPS) is 42.2. The first-order chi connectivity index (χ1) is 19.3. The SMILES string of the molecule is CC[C@H]1[C@@H](O[Si](C)(C)C)C2[C@H](CC[C@]3(C)[C@@H]([C@H](C)C[C@H](C)C(=O)O)CC[C@@H]23)[C@]2(C)CC[C@@H](OCOCCOC)C[C@@H]12. The minimum atomic E-state index is -1.78. The van der Waals surface area contributed by atoms with Crippen molar-refractivity contribution >= 4 is 14.3 Å².